The molecule has 170 valence electrons. The summed E-state index contributed by atoms with van der Waals surface area (Å²) in [6.45, 7) is 3.49. The summed E-state index contributed by atoms with van der Waals surface area (Å²) in [6.07, 6.45) is 0. The Morgan fingerprint density at radius 1 is 1.12 bits per heavy atom. The number of amides is 1. The molecule has 1 atom stereocenters. The van der Waals surface area contributed by atoms with Crippen LogP contribution in [0.4, 0.5) is 5.88 Å². The maximum Gasteiger partial charge on any atom is 0.266 e. The average molecular weight is 467 g/mol. The number of thioether (sulfide) groups is 1. The molecule has 33 heavy (non-hydrogen) atoms. The van der Waals surface area contributed by atoms with Crippen LogP contribution in [0.25, 0.3) is 16.6 Å². The zero-order valence-corrected chi connectivity index (χ0v) is 19.3. The molecule has 0 saturated carbocycles. The fourth-order valence-corrected chi connectivity index (χ4v) is 4.17. The molecule has 0 bridgehead atoms. The van der Waals surface area contributed by atoms with Gasteiger partial charge in [-0.25, -0.2) is 4.98 Å². The van der Waals surface area contributed by atoms with Gasteiger partial charge in [0.15, 0.2) is 16.7 Å². The van der Waals surface area contributed by atoms with Gasteiger partial charge in [0.2, 0.25) is 11.8 Å². The van der Waals surface area contributed by atoms with Crippen molar-refractivity contribution in [2.75, 3.05) is 19.5 Å². The highest BCUT2D eigenvalue weighted by Gasteiger charge is 2.22. The molecule has 2 aromatic carbocycles. The SMILES string of the molecule is COc1ccc(-n2c(S[C@H](C)C(=O)Nc3cc(C)no3)nc3ccccc3c2=O)cc1OC. The van der Waals surface area contributed by atoms with Crippen molar-refractivity contribution < 1.29 is 18.8 Å². The van der Waals surface area contributed by atoms with Crippen LogP contribution in [0.3, 0.4) is 0 Å². The average Bonchev–Trinajstić information content (AvgIpc) is 3.23. The standard InChI is InChI=1S/C23H22N4O5S/c1-13-11-20(32-26-13)25-21(28)14(2)33-23-24-17-8-6-5-7-16(17)22(29)27(23)15-9-10-18(30-3)19(12-15)31-4/h5-12,14H,1-4H3,(H,25,28)/t14-/m1/s1. The lowest BCUT2D eigenvalue weighted by molar-refractivity contribution is -0.115. The summed E-state index contributed by atoms with van der Waals surface area (Å²) in [4.78, 5) is 30.9. The molecular formula is C23H22N4O5S. The zero-order valence-electron chi connectivity index (χ0n) is 18.5. The summed E-state index contributed by atoms with van der Waals surface area (Å²) in [7, 11) is 3.06. The second kappa shape index (κ2) is 9.37. The van der Waals surface area contributed by atoms with Crippen LogP contribution in [0.2, 0.25) is 0 Å². The van der Waals surface area contributed by atoms with E-state index in [4.69, 9.17) is 14.0 Å². The Morgan fingerprint density at radius 3 is 2.58 bits per heavy atom. The Bertz CT molecular complexity index is 1380. The highest BCUT2D eigenvalue weighted by molar-refractivity contribution is 8.00. The summed E-state index contributed by atoms with van der Waals surface area (Å²) in [5, 5.41) is 6.69. The number of hydrogen-bond donors (Lipinski definition) is 1. The van der Waals surface area contributed by atoms with Crippen molar-refractivity contribution in [1.82, 2.24) is 14.7 Å². The van der Waals surface area contributed by atoms with Gasteiger partial charge in [-0.05, 0) is 38.1 Å². The van der Waals surface area contributed by atoms with E-state index in [0.29, 0.717) is 38.9 Å². The van der Waals surface area contributed by atoms with Crippen LogP contribution in [-0.2, 0) is 4.79 Å². The van der Waals surface area contributed by atoms with E-state index in [1.54, 1.807) is 63.4 Å². The van der Waals surface area contributed by atoms with Crippen LogP contribution >= 0.6 is 11.8 Å². The van der Waals surface area contributed by atoms with Crippen molar-refractivity contribution in [2.45, 2.75) is 24.3 Å². The van der Waals surface area contributed by atoms with Crippen molar-refractivity contribution in [2.24, 2.45) is 0 Å². The van der Waals surface area contributed by atoms with E-state index < -0.39 is 5.25 Å². The topological polar surface area (TPSA) is 108 Å². The van der Waals surface area contributed by atoms with Gasteiger partial charge in [-0.2, -0.15) is 0 Å². The van der Waals surface area contributed by atoms with E-state index >= 15 is 0 Å². The van der Waals surface area contributed by atoms with Gasteiger partial charge in [0.25, 0.3) is 5.56 Å². The van der Waals surface area contributed by atoms with Crippen LogP contribution in [0, 0.1) is 6.92 Å². The third-order valence-corrected chi connectivity index (χ3v) is 5.95. The predicted molar refractivity (Wildman–Crippen MR) is 126 cm³/mol. The summed E-state index contributed by atoms with van der Waals surface area (Å²) in [5.41, 5.74) is 1.48. The molecule has 0 radical (unpaired) electrons. The van der Waals surface area contributed by atoms with Crippen molar-refractivity contribution in [3.8, 4) is 17.2 Å². The Morgan fingerprint density at radius 2 is 1.88 bits per heavy atom. The van der Waals surface area contributed by atoms with Crippen LogP contribution in [0.15, 0.2) is 63.0 Å². The number of para-hydroxylation sites is 1. The minimum Gasteiger partial charge on any atom is -0.493 e. The highest BCUT2D eigenvalue weighted by atomic mass is 32.2. The highest BCUT2D eigenvalue weighted by Crippen LogP contribution is 2.31. The molecule has 2 heterocycles. The lowest BCUT2D eigenvalue weighted by atomic mass is 10.2. The molecule has 10 heteroatoms. The largest absolute Gasteiger partial charge is 0.493 e. The number of hydrogen-bond acceptors (Lipinski definition) is 8. The summed E-state index contributed by atoms with van der Waals surface area (Å²) in [5.74, 6) is 0.955. The number of carbonyl (C=O) groups is 1. The number of nitrogens with one attached hydrogen (secondary N) is 1. The van der Waals surface area contributed by atoms with Crippen LogP contribution < -0.4 is 20.3 Å². The molecule has 0 aliphatic rings. The molecule has 9 nitrogen and oxygen atoms in total. The van der Waals surface area contributed by atoms with Gasteiger partial charge in [0.05, 0.1) is 41.8 Å². The van der Waals surface area contributed by atoms with E-state index in [1.165, 1.54) is 11.7 Å². The zero-order chi connectivity index (χ0) is 23.5. The molecular weight excluding hydrogens is 444 g/mol. The predicted octanol–water partition coefficient (Wildman–Crippen LogP) is 3.82. The second-order valence-corrected chi connectivity index (χ2v) is 8.48. The fourth-order valence-electron chi connectivity index (χ4n) is 3.24. The number of fused-ring (bicyclic) bond motifs is 1. The molecule has 1 amide bonds. The van der Waals surface area contributed by atoms with Crippen molar-refractivity contribution in [3.63, 3.8) is 0 Å². The van der Waals surface area contributed by atoms with E-state index in [2.05, 4.69) is 15.5 Å². The lowest BCUT2D eigenvalue weighted by Gasteiger charge is -2.17. The van der Waals surface area contributed by atoms with Gasteiger partial charge in [-0.3, -0.25) is 19.5 Å². The Hall–Kier alpha value is -3.79. The Kier molecular flexibility index (Phi) is 6.36. The van der Waals surface area contributed by atoms with E-state index in [1.807, 2.05) is 6.07 Å². The van der Waals surface area contributed by atoms with E-state index in [0.717, 1.165) is 11.8 Å². The van der Waals surface area contributed by atoms with Crippen LogP contribution in [0.1, 0.15) is 12.6 Å². The van der Waals surface area contributed by atoms with Gasteiger partial charge in [-0.1, -0.05) is 29.1 Å². The number of aromatic nitrogens is 3. The quantitative estimate of drug-likeness (QED) is 0.323. The Labute approximate surface area is 193 Å². The van der Waals surface area contributed by atoms with Crippen LogP contribution in [0.5, 0.6) is 11.5 Å². The monoisotopic (exact) mass is 466 g/mol. The molecule has 0 aliphatic heterocycles. The van der Waals surface area contributed by atoms with Gasteiger partial charge < -0.3 is 14.0 Å². The van der Waals surface area contributed by atoms with E-state index in [9.17, 15) is 9.59 Å². The van der Waals surface area contributed by atoms with Crippen molar-refractivity contribution in [3.05, 3.63) is 64.6 Å². The minimum atomic E-state index is -0.588. The normalized spacial score (nSPS) is 11.9. The second-order valence-electron chi connectivity index (χ2n) is 7.17. The lowest BCUT2D eigenvalue weighted by Crippen LogP contribution is -2.26. The van der Waals surface area contributed by atoms with E-state index in [-0.39, 0.29) is 17.4 Å². The molecule has 4 aromatic rings. The van der Waals surface area contributed by atoms with Crippen molar-refractivity contribution in [1.29, 1.82) is 0 Å². The molecule has 0 saturated heterocycles. The number of aryl methyl sites for hydroxylation is 1. The van der Waals surface area contributed by atoms with Gasteiger partial charge >= 0.3 is 0 Å². The molecule has 0 aliphatic carbocycles. The maximum atomic E-state index is 13.5. The first kappa shape index (κ1) is 22.4. The summed E-state index contributed by atoms with van der Waals surface area (Å²) < 4.78 is 17.3. The Balaban J connectivity index is 1.77. The molecule has 0 fully saturated rings. The number of carbonyl (C=O) groups excluding carboxylic acids is 1. The summed E-state index contributed by atoms with van der Waals surface area (Å²) in [6, 6.07) is 13.9. The number of benzene rings is 2. The molecule has 0 spiro atoms. The number of nitrogens with zero attached hydrogens (tertiary/aromatic N) is 3. The van der Waals surface area contributed by atoms with Gasteiger partial charge in [0, 0.05) is 12.1 Å². The van der Waals surface area contributed by atoms with Crippen LogP contribution in [-0.4, -0.2) is 40.1 Å². The third-order valence-electron chi connectivity index (χ3n) is 4.90. The first-order chi connectivity index (χ1) is 15.9. The molecule has 0 unspecified atom stereocenters. The van der Waals surface area contributed by atoms with Crippen molar-refractivity contribution >= 4 is 34.5 Å². The first-order valence-electron chi connectivity index (χ1n) is 10.1. The third kappa shape index (κ3) is 4.56. The number of methoxy groups -OCH3 is 2. The molecule has 2 aromatic heterocycles. The fraction of sp³-hybridized carbons (Fsp3) is 0.217. The molecule has 1 N–H and O–H groups in total. The minimum absolute atomic E-state index is 0.256. The molecule has 4 rings (SSSR count). The maximum absolute atomic E-state index is 13.5. The first-order valence-corrected chi connectivity index (χ1v) is 10.9. The summed E-state index contributed by atoms with van der Waals surface area (Å²) >= 11 is 1.16. The number of anilines is 1. The van der Waals surface area contributed by atoms with Gasteiger partial charge in [-0.15, -0.1) is 0 Å². The number of ether oxygens (including phenoxy) is 2. The smallest absolute Gasteiger partial charge is 0.266 e. The van der Waals surface area contributed by atoms with Gasteiger partial charge in [0.1, 0.15) is 0 Å². The number of rotatable bonds is 7.